The summed E-state index contributed by atoms with van der Waals surface area (Å²) in [5, 5.41) is 0. The second-order valence-corrected chi connectivity index (χ2v) is 6.08. The quantitative estimate of drug-likeness (QED) is 0.168. The molecule has 6 nitrogen and oxygen atoms in total. The van der Waals surface area contributed by atoms with Crippen molar-refractivity contribution < 1.29 is 28.6 Å². The van der Waals surface area contributed by atoms with E-state index >= 15 is 0 Å². The average molecular weight is 466 g/mol. The van der Waals surface area contributed by atoms with Crippen molar-refractivity contribution in [2.75, 3.05) is 14.2 Å². The lowest BCUT2D eigenvalue weighted by molar-refractivity contribution is -0.142. The summed E-state index contributed by atoms with van der Waals surface area (Å²) in [5.41, 5.74) is -0.386. The van der Waals surface area contributed by atoms with Gasteiger partial charge in [-0.05, 0) is 40.8 Å². The lowest BCUT2D eigenvalue weighted by Crippen LogP contribution is -2.24. The maximum absolute atomic E-state index is 12.7. The minimum Gasteiger partial charge on any atom is -0.465 e. The standard InChI is InChI=1S/C19H15IO6/c1-24-17(21)15(13-10-6-7-11-14(13)20)16(18(22)25-2)19(23)26-12-8-4-3-5-9-12/h3-11H,1-2H3/b16-15-. The summed E-state index contributed by atoms with van der Waals surface area (Å²) >= 11 is 1.99. The maximum Gasteiger partial charge on any atom is 0.351 e. The SMILES string of the molecule is COC(=O)/C(C(=O)Oc1ccccc1)=C(/C(=O)OC)c1ccccc1I. The molecule has 0 saturated carbocycles. The Kier molecular flexibility index (Phi) is 6.90. The second kappa shape index (κ2) is 9.14. The number of rotatable bonds is 5. The highest BCUT2D eigenvalue weighted by atomic mass is 127. The van der Waals surface area contributed by atoms with Crippen LogP contribution >= 0.6 is 22.6 Å². The Balaban J connectivity index is 2.65. The molecule has 0 aliphatic carbocycles. The van der Waals surface area contributed by atoms with E-state index in [1.165, 1.54) is 0 Å². The number of halogens is 1. The molecule has 7 heteroatoms. The van der Waals surface area contributed by atoms with E-state index in [0.717, 1.165) is 14.2 Å². The van der Waals surface area contributed by atoms with Crippen molar-refractivity contribution in [2.45, 2.75) is 0 Å². The van der Waals surface area contributed by atoms with Crippen LogP contribution in [0.5, 0.6) is 5.75 Å². The summed E-state index contributed by atoms with van der Waals surface area (Å²) in [5.74, 6) is -2.63. The van der Waals surface area contributed by atoms with Gasteiger partial charge >= 0.3 is 17.9 Å². The molecule has 134 valence electrons. The molecule has 0 unspecified atom stereocenters. The number of para-hydroxylation sites is 1. The summed E-state index contributed by atoms with van der Waals surface area (Å²) < 4.78 is 15.4. The Labute approximate surface area is 163 Å². The minimum absolute atomic E-state index is 0.217. The molecule has 0 aliphatic heterocycles. The third-order valence-corrected chi connectivity index (χ3v) is 4.27. The van der Waals surface area contributed by atoms with Crippen LogP contribution in [0.15, 0.2) is 60.2 Å². The predicted molar refractivity (Wildman–Crippen MR) is 102 cm³/mol. The van der Waals surface area contributed by atoms with Crippen LogP contribution in [0, 0.1) is 3.57 Å². The Morgan fingerprint density at radius 3 is 1.92 bits per heavy atom. The largest absolute Gasteiger partial charge is 0.465 e. The van der Waals surface area contributed by atoms with Gasteiger partial charge in [0.25, 0.3) is 0 Å². The summed E-state index contributed by atoms with van der Waals surface area (Å²) in [6.07, 6.45) is 0. The van der Waals surface area contributed by atoms with Crippen molar-refractivity contribution in [3.63, 3.8) is 0 Å². The first-order valence-corrected chi connectivity index (χ1v) is 8.50. The van der Waals surface area contributed by atoms with Crippen LogP contribution in [0.3, 0.4) is 0 Å². The zero-order valence-corrected chi connectivity index (χ0v) is 16.2. The van der Waals surface area contributed by atoms with Gasteiger partial charge in [0.2, 0.25) is 0 Å². The molecule has 0 fully saturated rings. The van der Waals surface area contributed by atoms with Gasteiger partial charge in [-0.2, -0.15) is 0 Å². The van der Waals surface area contributed by atoms with Crippen LogP contribution in [0.4, 0.5) is 0 Å². The number of ether oxygens (including phenoxy) is 3. The zero-order valence-electron chi connectivity index (χ0n) is 14.0. The summed E-state index contributed by atoms with van der Waals surface area (Å²) in [4.78, 5) is 37.4. The molecule has 0 aliphatic rings. The fourth-order valence-corrected chi connectivity index (χ4v) is 2.81. The van der Waals surface area contributed by atoms with Crippen molar-refractivity contribution in [1.82, 2.24) is 0 Å². The highest BCUT2D eigenvalue weighted by Gasteiger charge is 2.32. The number of hydrogen-bond acceptors (Lipinski definition) is 6. The topological polar surface area (TPSA) is 78.9 Å². The van der Waals surface area contributed by atoms with Crippen LogP contribution in [0.25, 0.3) is 5.57 Å². The highest BCUT2D eigenvalue weighted by Crippen LogP contribution is 2.27. The Morgan fingerprint density at radius 2 is 1.35 bits per heavy atom. The van der Waals surface area contributed by atoms with Crippen LogP contribution in [-0.2, 0) is 23.9 Å². The molecule has 0 radical (unpaired) electrons. The lowest BCUT2D eigenvalue weighted by Gasteiger charge is -2.13. The van der Waals surface area contributed by atoms with Crippen LogP contribution in [0.1, 0.15) is 5.56 Å². The van der Waals surface area contributed by atoms with E-state index in [1.54, 1.807) is 54.6 Å². The molecule has 0 atom stereocenters. The lowest BCUT2D eigenvalue weighted by atomic mass is 9.99. The molecule has 2 aromatic carbocycles. The molecule has 0 aromatic heterocycles. The van der Waals surface area contributed by atoms with E-state index in [2.05, 4.69) is 0 Å². The maximum atomic E-state index is 12.7. The Morgan fingerprint density at radius 1 is 0.769 bits per heavy atom. The number of carbonyl (C=O) groups is 3. The number of carbonyl (C=O) groups excluding carboxylic acids is 3. The molecule has 2 aromatic rings. The zero-order chi connectivity index (χ0) is 19.1. The molecular formula is C19H15IO6. The van der Waals surface area contributed by atoms with Gasteiger partial charge in [-0.3, -0.25) is 0 Å². The van der Waals surface area contributed by atoms with Crippen molar-refractivity contribution >= 4 is 46.1 Å². The predicted octanol–water partition coefficient (Wildman–Crippen LogP) is 3.00. The Bertz CT molecular complexity index is 857. The number of benzene rings is 2. The summed E-state index contributed by atoms with van der Waals surface area (Å²) in [6.45, 7) is 0. The molecular weight excluding hydrogens is 451 g/mol. The van der Waals surface area contributed by atoms with Gasteiger partial charge in [-0.25, -0.2) is 14.4 Å². The average Bonchev–Trinajstić information content (AvgIpc) is 2.66. The van der Waals surface area contributed by atoms with E-state index in [0.29, 0.717) is 9.13 Å². The van der Waals surface area contributed by atoms with E-state index in [9.17, 15) is 14.4 Å². The molecule has 0 saturated heterocycles. The third-order valence-electron chi connectivity index (χ3n) is 3.33. The summed E-state index contributed by atoms with van der Waals surface area (Å²) in [7, 11) is 2.28. The second-order valence-electron chi connectivity index (χ2n) is 4.92. The van der Waals surface area contributed by atoms with Crippen molar-refractivity contribution in [1.29, 1.82) is 0 Å². The first-order chi connectivity index (χ1) is 12.5. The first kappa shape index (κ1) is 19.6. The molecule has 26 heavy (non-hydrogen) atoms. The van der Waals surface area contributed by atoms with Gasteiger partial charge in [0.1, 0.15) is 5.75 Å². The fourth-order valence-electron chi connectivity index (χ4n) is 2.15. The molecule has 0 heterocycles. The number of methoxy groups -OCH3 is 2. The van der Waals surface area contributed by atoms with Crippen molar-refractivity contribution in [3.8, 4) is 5.75 Å². The highest BCUT2D eigenvalue weighted by molar-refractivity contribution is 14.1. The molecule has 0 bridgehead atoms. The van der Waals surface area contributed by atoms with Crippen molar-refractivity contribution in [3.05, 3.63) is 69.3 Å². The molecule has 0 spiro atoms. The monoisotopic (exact) mass is 466 g/mol. The van der Waals surface area contributed by atoms with Gasteiger partial charge in [-0.1, -0.05) is 36.4 Å². The van der Waals surface area contributed by atoms with Crippen LogP contribution in [0.2, 0.25) is 0 Å². The normalized spacial score (nSPS) is 11.2. The van der Waals surface area contributed by atoms with E-state index in [1.807, 2.05) is 22.6 Å². The first-order valence-electron chi connectivity index (χ1n) is 7.42. The van der Waals surface area contributed by atoms with Crippen LogP contribution in [-0.4, -0.2) is 32.1 Å². The molecule has 0 amide bonds. The van der Waals surface area contributed by atoms with Gasteiger partial charge in [-0.15, -0.1) is 0 Å². The third kappa shape index (κ3) is 4.48. The number of hydrogen-bond donors (Lipinski definition) is 0. The van der Waals surface area contributed by atoms with E-state index in [4.69, 9.17) is 14.2 Å². The van der Waals surface area contributed by atoms with Gasteiger partial charge in [0.15, 0.2) is 5.57 Å². The van der Waals surface area contributed by atoms with Gasteiger partial charge in [0, 0.05) is 9.13 Å². The van der Waals surface area contributed by atoms with E-state index in [-0.39, 0.29) is 11.3 Å². The summed E-state index contributed by atoms with van der Waals surface area (Å²) in [6, 6.07) is 15.0. The van der Waals surface area contributed by atoms with Crippen LogP contribution < -0.4 is 4.74 Å². The van der Waals surface area contributed by atoms with Gasteiger partial charge in [0.05, 0.1) is 19.8 Å². The smallest absolute Gasteiger partial charge is 0.351 e. The Hall–Kier alpha value is -2.68. The molecule has 2 rings (SSSR count). The van der Waals surface area contributed by atoms with Gasteiger partial charge < -0.3 is 14.2 Å². The fraction of sp³-hybridized carbons (Fsp3) is 0.105. The number of esters is 3. The van der Waals surface area contributed by atoms with Crippen molar-refractivity contribution in [2.24, 2.45) is 0 Å². The minimum atomic E-state index is -1.01. The van der Waals surface area contributed by atoms with E-state index < -0.39 is 23.5 Å². The molecule has 0 N–H and O–H groups in total.